The molecule has 2 unspecified atom stereocenters. The van der Waals surface area contributed by atoms with Crippen LogP contribution in [0.5, 0.6) is 0 Å². The van der Waals surface area contributed by atoms with E-state index in [2.05, 4.69) is 50.3 Å². The van der Waals surface area contributed by atoms with Gasteiger partial charge in [-0.05, 0) is 73.8 Å². The minimum Gasteiger partial charge on any atom is -0.0848 e. The van der Waals surface area contributed by atoms with Gasteiger partial charge in [0.1, 0.15) is 0 Å². The molecule has 0 heterocycles. The van der Waals surface area contributed by atoms with Crippen LogP contribution < -0.4 is 0 Å². The molecule has 1 aromatic rings. The van der Waals surface area contributed by atoms with Crippen molar-refractivity contribution in [2.45, 2.75) is 103 Å². The van der Waals surface area contributed by atoms with Gasteiger partial charge in [-0.2, -0.15) is 0 Å². The molecule has 2 atom stereocenters. The first-order chi connectivity index (χ1) is 12.8. The molecule has 0 N–H and O–H groups in total. The van der Waals surface area contributed by atoms with Crippen molar-refractivity contribution in [3.8, 4) is 0 Å². The normalized spacial score (nSPS) is 29.0. The maximum atomic E-state index is 2.52. The van der Waals surface area contributed by atoms with E-state index in [0.29, 0.717) is 5.92 Å². The zero-order chi connectivity index (χ0) is 18.2. The molecule has 1 aromatic carbocycles. The molecule has 0 aliphatic heterocycles. The van der Waals surface area contributed by atoms with Gasteiger partial charge in [0.25, 0.3) is 0 Å². The summed E-state index contributed by atoms with van der Waals surface area (Å²) in [6, 6.07) is 9.75. The highest BCUT2D eigenvalue weighted by Gasteiger charge is 2.22. The fraction of sp³-hybridized carbons (Fsp3) is 0.692. The molecule has 0 spiro atoms. The van der Waals surface area contributed by atoms with Crippen LogP contribution in [0.15, 0.2) is 36.4 Å². The first-order valence-corrected chi connectivity index (χ1v) is 11.6. The highest BCUT2D eigenvalue weighted by Crippen LogP contribution is 2.38. The Hall–Kier alpha value is -1.04. The maximum Gasteiger partial charge on any atom is 0.00182 e. The van der Waals surface area contributed by atoms with Crippen LogP contribution >= 0.6 is 0 Å². The Kier molecular flexibility index (Phi) is 7.84. The lowest BCUT2D eigenvalue weighted by atomic mass is 9.76. The molecule has 0 heteroatoms. The molecule has 0 nitrogen and oxygen atoms in total. The van der Waals surface area contributed by atoms with Crippen LogP contribution in [0.2, 0.25) is 0 Å². The van der Waals surface area contributed by atoms with Crippen LogP contribution in [0, 0.1) is 11.8 Å². The lowest BCUT2D eigenvalue weighted by Crippen LogP contribution is -2.13. The minimum absolute atomic E-state index is 0.659. The number of unbranched alkanes of at least 4 members (excludes halogenated alkanes) is 2. The summed E-state index contributed by atoms with van der Waals surface area (Å²) < 4.78 is 0. The summed E-state index contributed by atoms with van der Waals surface area (Å²) in [6.45, 7) is 4.63. The first kappa shape index (κ1) is 19.7. The second kappa shape index (κ2) is 10.3. The summed E-state index contributed by atoms with van der Waals surface area (Å²) in [4.78, 5) is 0. The molecule has 144 valence electrons. The lowest BCUT2D eigenvalue weighted by molar-refractivity contribution is 0.308. The van der Waals surface area contributed by atoms with E-state index in [1.807, 2.05) is 0 Å². The number of benzene rings is 1. The van der Waals surface area contributed by atoms with Gasteiger partial charge in [0.05, 0.1) is 0 Å². The standard InChI is InChI=1S/C26H40/c1-3-5-6-8-22-11-15-24(16-12-22)26-19-17-25(18-20-26)23-13-9-21(7-4-2)10-14-23/h11,15,17-24H,3-10,12-14,16H2,1-2H3. The summed E-state index contributed by atoms with van der Waals surface area (Å²) in [7, 11) is 0. The average molecular weight is 353 g/mol. The van der Waals surface area contributed by atoms with E-state index in [9.17, 15) is 0 Å². The van der Waals surface area contributed by atoms with Crippen molar-refractivity contribution in [2.75, 3.05) is 0 Å². The maximum absolute atomic E-state index is 2.52. The van der Waals surface area contributed by atoms with Crippen LogP contribution in [-0.4, -0.2) is 0 Å². The van der Waals surface area contributed by atoms with E-state index in [0.717, 1.165) is 17.8 Å². The third kappa shape index (κ3) is 5.48. The van der Waals surface area contributed by atoms with E-state index in [1.54, 1.807) is 5.56 Å². The Bertz CT molecular complexity index is 530. The van der Waals surface area contributed by atoms with E-state index in [1.165, 1.54) is 82.6 Å². The Balaban J connectivity index is 1.50. The molecular weight excluding hydrogens is 312 g/mol. The van der Waals surface area contributed by atoms with E-state index < -0.39 is 0 Å². The van der Waals surface area contributed by atoms with Crippen LogP contribution in [0.3, 0.4) is 0 Å². The summed E-state index contributed by atoms with van der Waals surface area (Å²) in [5, 5.41) is 0. The third-order valence-corrected chi connectivity index (χ3v) is 7.02. The summed E-state index contributed by atoms with van der Waals surface area (Å²) in [5.41, 5.74) is 3.14. The van der Waals surface area contributed by atoms with Crippen molar-refractivity contribution in [1.82, 2.24) is 0 Å². The molecule has 0 saturated heterocycles. The zero-order valence-corrected chi connectivity index (χ0v) is 17.3. The predicted molar refractivity (Wildman–Crippen MR) is 115 cm³/mol. The molecular formula is C26H40. The Morgan fingerprint density at radius 3 is 2.04 bits per heavy atom. The number of rotatable bonds is 8. The minimum atomic E-state index is 0.659. The summed E-state index contributed by atoms with van der Waals surface area (Å²) in [6.07, 6.45) is 21.8. The molecule has 0 radical (unpaired) electrons. The van der Waals surface area contributed by atoms with Crippen molar-refractivity contribution >= 4 is 0 Å². The van der Waals surface area contributed by atoms with Gasteiger partial charge in [0.2, 0.25) is 0 Å². The van der Waals surface area contributed by atoms with Crippen LogP contribution in [0.1, 0.15) is 114 Å². The first-order valence-electron chi connectivity index (χ1n) is 11.6. The second-order valence-electron chi connectivity index (χ2n) is 9.00. The highest BCUT2D eigenvalue weighted by atomic mass is 14.3. The van der Waals surface area contributed by atoms with Gasteiger partial charge in [-0.3, -0.25) is 0 Å². The van der Waals surface area contributed by atoms with E-state index >= 15 is 0 Å². The molecule has 1 fully saturated rings. The monoisotopic (exact) mass is 352 g/mol. The van der Waals surface area contributed by atoms with Crippen molar-refractivity contribution < 1.29 is 0 Å². The lowest BCUT2D eigenvalue weighted by Gasteiger charge is -2.29. The van der Waals surface area contributed by atoms with Crippen molar-refractivity contribution in [3.05, 3.63) is 47.5 Å². The van der Waals surface area contributed by atoms with Gasteiger partial charge in [0, 0.05) is 5.92 Å². The van der Waals surface area contributed by atoms with Gasteiger partial charge in [-0.25, -0.2) is 0 Å². The van der Waals surface area contributed by atoms with Crippen molar-refractivity contribution in [2.24, 2.45) is 11.8 Å². The zero-order valence-electron chi connectivity index (χ0n) is 17.3. The number of hydrogen-bond donors (Lipinski definition) is 0. The fourth-order valence-electron chi connectivity index (χ4n) is 5.26. The molecule has 3 rings (SSSR count). The smallest absolute Gasteiger partial charge is 0.00182 e. The molecule has 1 saturated carbocycles. The Labute approximate surface area is 162 Å². The number of hydrogen-bond acceptors (Lipinski definition) is 0. The van der Waals surface area contributed by atoms with Crippen molar-refractivity contribution in [3.63, 3.8) is 0 Å². The van der Waals surface area contributed by atoms with Gasteiger partial charge < -0.3 is 0 Å². The second-order valence-corrected chi connectivity index (χ2v) is 9.00. The van der Waals surface area contributed by atoms with Gasteiger partial charge in [0.15, 0.2) is 0 Å². The quantitative estimate of drug-likeness (QED) is 0.325. The largest absolute Gasteiger partial charge is 0.0848 e. The Morgan fingerprint density at radius 1 is 0.692 bits per heavy atom. The SMILES string of the molecule is CCCCCC1C=CC(c2ccc(C3CCC(CCC)CC3)cc2)CC1. The topological polar surface area (TPSA) is 0 Å². The molecule has 2 aliphatic carbocycles. The fourth-order valence-corrected chi connectivity index (χ4v) is 5.26. The third-order valence-electron chi connectivity index (χ3n) is 7.02. The van der Waals surface area contributed by atoms with E-state index in [4.69, 9.17) is 0 Å². The molecule has 0 amide bonds. The van der Waals surface area contributed by atoms with Gasteiger partial charge >= 0.3 is 0 Å². The van der Waals surface area contributed by atoms with Crippen LogP contribution in [0.4, 0.5) is 0 Å². The van der Waals surface area contributed by atoms with Crippen LogP contribution in [-0.2, 0) is 0 Å². The highest BCUT2D eigenvalue weighted by molar-refractivity contribution is 5.31. The van der Waals surface area contributed by atoms with Gasteiger partial charge in [-0.1, -0.05) is 82.4 Å². The molecule has 26 heavy (non-hydrogen) atoms. The van der Waals surface area contributed by atoms with Gasteiger partial charge in [-0.15, -0.1) is 0 Å². The molecule has 0 aromatic heterocycles. The average Bonchev–Trinajstić information content (AvgIpc) is 2.70. The van der Waals surface area contributed by atoms with Crippen molar-refractivity contribution in [1.29, 1.82) is 0 Å². The summed E-state index contributed by atoms with van der Waals surface area (Å²) >= 11 is 0. The summed E-state index contributed by atoms with van der Waals surface area (Å²) in [5.74, 6) is 3.33. The Morgan fingerprint density at radius 2 is 1.42 bits per heavy atom. The van der Waals surface area contributed by atoms with Crippen LogP contribution in [0.25, 0.3) is 0 Å². The van der Waals surface area contributed by atoms with E-state index in [-0.39, 0.29) is 0 Å². The molecule has 0 bridgehead atoms. The predicted octanol–water partition coefficient (Wildman–Crippen LogP) is 8.39. The molecule has 2 aliphatic rings. The number of allylic oxidation sites excluding steroid dienone is 2.